The molecular weight excluding hydrogens is 150 g/mol. The van der Waals surface area contributed by atoms with Gasteiger partial charge in [0.2, 0.25) is 0 Å². The fraction of sp³-hybridized carbons (Fsp3) is 0.167. The van der Waals surface area contributed by atoms with E-state index in [1.165, 1.54) is 18.4 Å². The number of amides is 1. The summed E-state index contributed by atoms with van der Waals surface area (Å²) in [4.78, 5) is 15.3. The maximum atomic E-state index is 10.9. The van der Waals surface area contributed by atoms with Crippen molar-refractivity contribution in [2.45, 2.75) is 0 Å². The van der Waals surface area contributed by atoms with Gasteiger partial charge in [-0.3, -0.25) is 9.63 Å². The highest BCUT2D eigenvalue weighted by atomic mass is 32.1. The molecular formula is C6H7NO2S. The molecule has 10 heavy (non-hydrogen) atoms. The number of hydrogen-bond acceptors (Lipinski definition) is 3. The zero-order valence-electron chi connectivity index (χ0n) is 5.46. The molecule has 4 heteroatoms. The van der Waals surface area contributed by atoms with Gasteiger partial charge < -0.3 is 0 Å². The summed E-state index contributed by atoms with van der Waals surface area (Å²) in [5, 5.41) is 3.60. The molecule has 0 atom stereocenters. The highest BCUT2D eigenvalue weighted by Gasteiger charge is 2.02. The van der Waals surface area contributed by atoms with Crippen molar-refractivity contribution < 1.29 is 9.63 Å². The fourth-order valence-corrected chi connectivity index (χ4v) is 1.18. The molecule has 0 spiro atoms. The van der Waals surface area contributed by atoms with Gasteiger partial charge in [0.1, 0.15) is 0 Å². The normalized spacial score (nSPS) is 9.30. The Balaban J connectivity index is 2.59. The molecule has 3 nitrogen and oxygen atoms in total. The fourth-order valence-electron chi connectivity index (χ4n) is 0.545. The third-order valence-corrected chi connectivity index (χ3v) is 1.66. The van der Waals surface area contributed by atoms with Crippen molar-refractivity contribution in [3.63, 3.8) is 0 Å². The smallest absolute Gasteiger partial charge is 0.275 e. The molecule has 1 amide bonds. The Hall–Kier alpha value is -0.870. The van der Waals surface area contributed by atoms with E-state index in [4.69, 9.17) is 0 Å². The summed E-state index contributed by atoms with van der Waals surface area (Å²) in [6.45, 7) is 0. The van der Waals surface area contributed by atoms with Crippen molar-refractivity contribution in [1.29, 1.82) is 0 Å². The molecule has 1 heterocycles. The first-order chi connectivity index (χ1) is 4.84. The monoisotopic (exact) mass is 157 g/mol. The minimum Gasteiger partial charge on any atom is -0.277 e. The Morgan fingerprint density at radius 3 is 3.10 bits per heavy atom. The van der Waals surface area contributed by atoms with E-state index in [-0.39, 0.29) is 5.91 Å². The van der Waals surface area contributed by atoms with E-state index in [9.17, 15) is 4.79 Å². The van der Waals surface area contributed by atoms with Crippen LogP contribution in [0.3, 0.4) is 0 Å². The van der Waals surface area contributed by atoms with Crippen LogP contribution in [0.4, 0.5) is 0 Å². The standard InChI is InChI=1S/C6H7NO2S/c1-9-7-6(8)5-2-3-10-4-5/h2-4H,1H3,(H,7,8). The summed E-state index contributed by atoms with van der Waals surface area (Å²) < 4.78 is 0. The zero-order chi connectivity index (χ0) is 7.40. The average Bonchev–Trinajstić information content (AvgIpc) is 2.38. The van der Waals surface area contributed by atoms with Crippen LogP contribution in [0.5, 0.6) is 0 Å². The van der Waals surface area contributed by atoms with E-state index in [1.54, 1.807) is 11.4 Å². The molecule has 1 aromatic heterocycles. The minimum absolute atomic E-state index is 0.205. The lowest BCUT2D eigenvalue weighted by Gasteiger charge is -1.96. The van der Waals surface area contributed by atoms with Crippen LogP contribution in [0, 0.1) is 0 Å². The first kappa shape index (κ1) is 7.24. The van der Waals surface area contributed by atoms with Crippen LogP contribution in [0.1, 0.15) is 10.4 Å². The number of nitrogens with one attached hydrogen (secondary N) is 1. The molecule has 1 rings (SSSR count). The van der Waals surface area contributed by atoms with Gasteiger partial charge >= 0.3 is 0 Å². The van der Waals surface area contributed by atoms with Crippen molar-refractivity contribution in [1.82, 2.24) is 5.48 Å². The average molecular weight is 157 g/mol. The molecule has 0 aliphatic carbocycles. The number of hydrogen-bond donors (Lipinski definition) is 1. The predicted molar refractivity (Wildman–Crippen MR) is 38.8 cm³/mol. The van der Waals surface area contributed by atoms with Gasteiger partial charge in [0.15, 0.2) is 0 Å². The molecule has 0 saturated heterocycles. The van der Waals surface area contributed by atoms with Crippen LogP contribution in [0.2, 0.25) is 0 Å². The second-order valence-corrected chi connectivity index (χ2v) is 2.43. The number of thiophene rings is 1. The van der Waals surface area contributed by atoms with Gasteiger partial charge in [-0.15, -0.1) is 0 Å². The van der Waals surface area contributed by atoms with Crippen molar-refractivity contribution in [2.24, 2.45) is 0 Å². The topological polar surface area (TPSA) is 38.3 Å². The molecule has 0 radical (unpaired) electrons. The van der Waals surface area contributed by atoms with E-state index < -0.39 is 0 Å². The molecule has 54 valence electrons. The third kappa shape index (κ3) is 1.55. The summed E-state index contributed by atoms with van der Waals surface area (Å²) >= 11 is 1.48. The Morgan fingerprint density at radius 2 is 2.60 bits per heavy atom. The number of carbonyl (C=O) groups is 1. The van der Waals surface area contributed by atoms with Crippen LogP contribution in [-0.4, -0.2) is 13.0 Å². The van der Waals surface area contributed by atoms with Gasteiger partial charge in [0.05, 0.1) is 12.7 Å². The lowest BCUT2D eigenvalue weighted by Crippen LogP contribution is -2.20. The van der Waals surface area contributed by atoms with Crippen LogP contribution in [0.25, 0.3) is 0 Å². The van der Waals surface area contributed by atoms with Crippen LogP contribution >= 0.6 is 11.3 Å². The molecule has 0 aliphatic heterocycles. The second-order valence-electron chi connectivity index (χ2n) is 1.65. The lowest BCUT2D eigenvalue weighted by atomic mass is 10.3. The maximum Gasteiger partial charge on any atom is 0.275 e. The molecule has 0 fully saturated rings. The SMILES string of the molecule is CONC(=O)c1ccsc1. The molecule has 0 bridgehead atoms. The Morgan fingerprint density at radius 1 is 1.80 bits per heavy atom. The van der Waals surface area contributed by atoms with E-state index in [2.05, 4.69) is 10.3 Å². The number of hydroxylamine groups is 1. The van der Waals surface area contributed by atoms with Gasteiger partial charge in [-0.1, -0.05) is 0 Å². The number of rotatable bonds is 2. The maximum absolute atomic E-state index is 10.9. The summed E-state index contributed by atoms with van der Waals surface area (Å²) in [5.41, 5.74) is 2.85. The molecule has 1 aromatic rings. The van der Waals surface area contributed by atoms with Crippen LogP contribution in [-0.2, 0) is 4.84 Å². The zero-order valence-corrected chi connectivity index (χ0v) is 6.27. The van der Waals surface area contributed by atoms with Crippen molar-refractivity contribution in [3.05, 3.63) is 22.4 Å². The summed E-state index contributed by atoms with van der Waals surface area (Å²) in [5.74, 6) is -0.205. The Bertz CT molecular complexity index is 208. The summed E-state index contributed by atoms with van der Waals surface area (Å²) in [6.07, 6.45) is 0. The van der Waals surface area contributed by atoms with Gasteiger partial charge in [0, 0.05) is 5.38 Å². The van der Waals surface area contributed by atoms with E-state index in [1.807, 2.05) is 5.38 Å². The highest BCUT2D eigenvalue weighted by Crippen LogP contribution is 2.04. The van der Waals surface area contributed by atoms with Crippen molar-refractivity contribution in [3.8, 4) is 0 Å². The van der Waals surface area contributed by atoms with E-state index >= 15 is 0 Å². The van der Waals surface area contributed by atoms with Gasteiger partial charge in [-0.25, -0.2) is 5.48 Å². The van der Waals surface area contributed by atoms with E-state index in [0.717, 1.165) is 0 Å². The lowest BCUT2D eigenvalue weighted by molar-refractivity contribution is 0.0538. The van der Waals surface area contributed by atoms with E-state index in [0.29, 0.717) is 5.56 Å². The van der Waals surface area contributed by atoms with Crippen molar-refractivity contribution >= 4 is 17.2 Å². The third-order valence-electron chi connectivity index (χ3n) is 0.978. The minimum atomic E-state index is -0.205. The number of carbonyl (C=O) groups excluding carboxylic acids is 1. The Labute approximate surface area is 62.6 Å². The summed E-state index contributed by atoms with van der Waals surface area (Å²) in [7, 11) is 1.41. The van der Waals surface area contributed by atoms with Gasteiger partial charge in [0.25, 0.3) is 5.91 Å². The second kappa shape index (κ2) is 3.34. The Kier molecular flexibility index (Phi) is 2.42. The first-order valence-electron chi connectivity index (χ1n) is 2.70. The van der Waals surface area contributed by atoms with Crippen molar-refractivity contribution in [2.75, 3.05) is 7.11 Å². The van der Waals surface area contributed by atoms with Crippen LogP contribution < -0.4 is 5.48 Å². The summed E-state index contributed by atoms with van der Waals surface area (Å²) in [6, 6.07) is 1.74. The highest BCUT2D eigenvalue weighted by molar-refractivity contribution is 7.08. The molecule has 0 unspecified atom stereocenters. The first-order valence-corrected chi connectivity index (χ1v) is 3.64. The van der Waals surface area contributed by atoms with Crippen LogP contribution in [0.15, 0.2) is 16.8 Å². The largest absolute Gasteiger partial charge is 0.277 e. The molecule has 0 aliphatic rings. The van der Waals surface area contributed by atoms with Gasteiger partial charge in [-0.2, -0.15) is 11.3 Å². The molecule has 0 aromatic carbocycles. The van der Waals surface area contributed by atoms with Gasteiger partial charge in [-0.05, 0) is 11.4 Å². The predicted octanol–water partition coefficient (Wildman–Crippen LogP) is 1.04. The molecule has 0 saturated carbocycles. The molecule has 1 N–H and O–H groups in total. The quantitative estimate of drug-likeness (QED) is 0.651.